The van der Waals surface area contributed by atoms with Crippen LogP contribution in [-0.4, -0.2) is 4.98 Å². The fraction of sp³-hybridized carbons (Fsp3) is 0.250. The number of hydrogen-bond acceptors (Lipinski definition) is 3. The summed E-state index contributed by atoms with van der Waals surface area (Å²) in [6.45, 7) is 4.61. The molecule has 0 aliphatic rings. The molecule has 0 spiro atoms. The molecule has 0 bridgehead atoms. The minimum absolute atomic E-state index is 0.446. The number of aromatic nitrogens is 1. The summed E-state index contributed by atoms with van der Waals surface area (Å²) in [5, 5.41) is 1.48. The summed E-state index contributed by atoms with van der Waals surface area (Å²) in [5.74, 6) is 0. The number of nitrogens with two attached hydrogens (primary N) is 1. The minimum atomic E-state index is 0.446. The van der Waals surface area contributed by atoms with Gasteiger partial charge in [0.25, 0.3) is 0 Å². The van der Waals surface area contributed by atoms with Crippen LogP contribution >= 0.6 is 22.9 Å². The molecule has 0 radical (unpaired) electrons. The van der Waals surface area contributed by atoms with E-state index in [9.17, 15) is 0 Å². The molecule has 4 heteroatoms. The zero-order valence-corrected chi connectivity index (χ0v) is 10.8. The average Bonchev–Trinajstić information content (AvgIpc) is 2.59. The Bertz CT molecular complexity index is 520. The molecule has 0 unspecified atom stereocenters. The number of halogens is 1. The van der Waals surface area contributed by atoms with E-state index in [0.717, 1.165) is 15.4 Å². The van der Waals surface area contributed by atoms with Crippen LogP contribution in [0, 0.1) is 13.8 Å². The van der Waals surface area contributed by atoms with E-state index in [4.69, 9.17) is 17.3 Å². The van der Waals surface area contributed by atoms with Gasteiger partial charge in [0, 0.05) is 12.1 Å². The molecule has 0 atom stereocenters. The third-order valence-electron chi connectivity index (χ3n) is 2.45. The lowest BCUT2D eigenvalue weighted by molar-refractivity contribution is 1.10. The molecule has 1 heterocycles. The van der Waals surface area contributed by atoms with E-state index in [2.05, 4.69) is 37.0 Å². The predicted molar refractivity (Wildman–Crippen MR) is 69.9 cm³/mol. The van der Waals surface area contributed by atoms with Crippen molar-refractivity contribution >= 4 is 22.9 Å². The second-order valence-electron chi connectivity index (χ2n) is 3.76. The molecule has 1 aromatic carbocycles. The molecule has 0 amide bonds. The molecule has 2 N–H and O–H groups in total. The van der Waals surface area contributed by atoms with Crippen molar-refractivity contribution in [2.24, 2.45) is 5.73 Å². The highest BCUT2D eigenvalue weighted by Crippen LogP contribution is 2.32. The van der Waals surface area contributed by atoms with Gasteiger partial charge < -0.3 is 5.73 Å². The summed E-state index contributed by atoms with van der Waals surface area (Å²) >= 11 is 7.56. The number of aryl methyl sites for hydroxylation is 2. The minimum Gasteiger partial charge on any atom is -0.326 e. The lowest BCUT2D eigenvalue weighted by atomic mass is 10.1. The van der Waals surface area contributed by atoms with E-state index in [1.54, 1.807) is 11.3 Å². The van der Waals surface area contributed by atoms with Crippen LogP contribution in [-0.2, 0) is 6.54 Å². The Kier molecular flexibility index (Phi) is 3.28. The second kappa shape index (κ2) is 4.53. The third-order valence-corrected chi connectivity index (χ3v) is 3.98. The van der Waals surface area contributed by atoms with Crippen LogP contribution in [0.2, 0.25) is 5.15 Å². The summed E-state index contributed by atoms with van der Waals surface area (Å²) in [7, 11) is 0. The topological polar surface area (TPSA) is 38.9 Å². The summed E-state index contributed by atoms with van der Waals surface area (Å²) < 4.78 is 0. The SMILES string of the molecule is Cc1ccc(-c2nc(Cl)c(CN)s2)c(C)c1. The molecule has 1 aromatic heterocycles. The van der Waals surface area contributed by atoms with Gasteiger partial charge in [-0.2, -0.15) is 0 Å². The molecular weight excluding hydrogens is 240 g/mol. The van der Waals surface area contributed by atoms with Gasteiger partial charge in [0.1, 0.15) is 10.2 Å². The summed E-state index contributed by atoms with van der Waals surface area (Å²) in [6, 6.07) is 6.31. The Labute approximate surface area is 104 Å². The number of benzene rings is 1. The lowest BCUT2D eigenvalue weighted by Gasteiger charge is -2.02. The smallest absolute Gasteiger partial charge is 0.145 e. The average molecular weight is 253 g/mol. The van der Waals surface area contributed by atoms with Crippen molar-refractivity contribution in [3.05, 3.63) is 39.4 Å². The molecule has 0 aliphatic carbocycles. The molecule has 2 aromatic rings. The van der Waals surface area contributed by atoms with Gasteiger partial charge in [-0.3, -0.25) is 0 Å². The van der Waals surface area contributed by atoms with Gasteiger partial charge in [-0.25, -0.2) is 4.98 Å². The van der Waals surface area contributed by atoms with Crippen LogP contribution in [0.4, 0.5) is 0 Å². The molecular formula is C12H13ClN2S. The van der Waals surface area contributed by atoms with E-state index < -0.39 is 0 Å². The number of thiazole rings is 1. The first-order valence-electron chi connectivity index (χ1n) is 5.04. The second-order valence-corrected chi connectivity index (χ2v) is 5.20. The highest BCUT2D eigenvalue weighted by Gasteiger charge is 2.11. The Morgan fingerprint density at radius 2 is 2.12 bits per heavy atom. The number of rotatable bonds is 2. The van der Waals surface area contributed by atoms with Crippen LogP contribution in [0.25, 0.3) is 10.6 Å². The highest BCUT2D eigenvalue weighted by molar-refractivity contribution is 7.15. The van der Waals surface area contributed by atoms with E-state index in [1.807, 2.05) is 0 Å². The Hall–Kier alpha value is -0.900. The molecule has 0 fully saturated rings. The Morgan fingerprint density at radius 3 is 2.69 bits per heavy atom. The zero-order chi connectivity index (χ0) is 11.7. The molecule has 0 saturated carbocycles. The fourth-order valence-corrected chi connectivity index (χ4v) is 2.88. The monoisotopic (exact) mass is 252 g/mol. The lowest BCUT2D eigenvalue weighted by Crippen LogP contribution is -1.92. The maximum Gasteiger partial charge on any atom is 0.145 e. The van der Waals surface area contributed by atoms with E-state index in [1.165, 1.54) is 11.1 Å². The number of nitrogens with zero attached hydrogens (tertiary/aromatic N) is 1. The van der Waals surface area contributed by atoms with Crippen molar-refractivity contribution in [3.63, 3.8) is 0 Å². The highest BCUT2D eigenvalue weighted by atomic mass is 35.5. The molecule has 0 saturated heterocycles. The van der Waals surface area contributed by atoms with Crippen LogP contribution in [0.15, 0.2) is 18.2 Å². The van der Waals surface area contributed by atoms with E-state index in [0.29, 0.717) is 11.7 Å². The predicted octanol–water partition coefficient (Wildman–Crippen LogP) is 3.54. The maximum absolute atomic E-state index is 6.00. The van der Waals surface area contributed by atoms with E-state index >= 15 is 0 Å². The normalized spacial score (nSPS) is 10.8. The van der Waals surface area contributed by atoms with Crippen molar-refractivity contribution in [1.29, 1.82) is 0 Å². The molecule has 2 nitrogen and oxygen atoms in total. The van der Waals surface area contributed by atoms with Gasteiger partial charge in [0.15, 0.2) is 0 Å². The Balaban J connectivity index is 2.50. The van der Waals surface area contributed by atoms with Crippen LogP contribution in [0.1, 0.15) is 16.0 Å². The molecule has 16 heavy (non-hydrogen) atoms. The van der Waals surface area contributed by atoms with Crippen LogP contribution in [0.5, 0.6) is 0 Å². The van der Waals surface area contributed by atoms with Gasteiger partial charge in [0.2, 0.25) is 0 Å². The van der Waals surface area contributed by atoms with Gasteiger partial charge in [-0.1, -0.05) is 35.4 Å². The van der Waals surface area contributed by atoms with Gasteiger partial charge in [0.05, 0.1) is 4.88 Å². The van der Waals surface area contributed by atoms with Crippen LogP contribution in [0.3, 0.4) is 0 Å². The standard InChI is InChI=1S/C12H13ClN2S/c1-7-3-4-9(8(2)5-7)12-15-11(13)10(6-14)16-12/h3-5H,6,14H2,1-2H3. The summed E-state index contributed by atoms with van der Waals surface area (Å²) in [5.41, 5.74) is 9.20. The van der Waals surface area contributed by atoms with Crippen molar-refractivity contribution in [1.82, 2.24) is 4.98 Å². The quantitative estimate of drug-likeness (QED) is 0.888. The number of hydrogen-bond donors (Lipinski definition) is 1. The summed E-state index contributed by atoms with van der Waals surface area (Å²) in [6.07, 6.45) is 0. The Morgan fingerprint density at radius 1 is 1.38 bits per heavy atom. The largest absolute Gasteiger partial charge is 0.326 e. The van der Waals surface area contributed by atoms with Gasteiger partial charge in [-0.15, -0.1) is 11.3 Å². The zero-order valence-electron chi connectivity index (χ0n) is 9.25. The van der Waals surface area contributed by atoms with Gasteiger partial charge >= 0.3 is 0 Å². The fourth-order valence-electron chi connectivity index (χ4n) is 1.63. The van der Waals surface area contributed by atoms with Crippen molar-refractivity contribution < 1.29 is 0 Å². The molecule has 2 rings (SSSR count). The van der Waals surface area contributed by atoms with Crippen molar-refractivity contribution in [2.75, 3.05) is 0 Å². The first-order valence-corrected chi connectivity index (χ1v) is 6.24. The van der Waals surface area contributed by atoms with Gasteiger partial charge in [-0.05, 0) is 19.4 Å². The third kappa shape index (κ3) is 2.12. The summed E-state index contributed by atoms with van der Waals surface area (Å²) in [4.78, 5) is 5.29. The van der Waals surface area contributed by atoms with Crippen LogP contribution < -0.4 is 5.73 Å². The first kappa shape index (κ1) is 11.6. The van der Waals surface area contributed by atoms with Crippen molar-refractivity contribution in [2.45, 2.75) is 20.4 Å². The molecule has 0 aliphatic heterocycles. The maximum atomic E-state index is 6.00. The van der Waals surface area contributed by atoms with E-state index in [-0.39, 0.29) is 0 Å². The first-order chi connectivity index (χ1) is 7.61. The van der Waals surface area contributed by atoms with Crippen molar-refractivity contribution in [3.8, 4) is 10.6 Å². The molecule has 84 valence electrons.